The highest BCUT2D eigenvalue weighted by atomic mass is 16.5. The highest BCUT2D eigenvalue weighted by molar-refractivity contribution is 5.80. The standard InChI is InChI=1S/C11H19NO4/c1-10(2)7(6-13)8(9(14)16-5)11(3,4)12(10)15/h6-8,15H,1-5H3/t7-,8+/m1/s1. The number of carbonyl (C=O) groups is 2. The van der Waals surface area contributed by atoms with E-state index in [4.69, 9.17) is 4.74 Å². The molecular weight excluding hydrogens is 210 g/mol. The molecule has 0 amide bonds. The number of esters is 1. The van der Waals surface area contributed by atoms with E-state index < -0.39 is 28.9 Å². The van der Waals surface area contributed by atoms with Crippen molar-refractivity contribution in [2.75, 3.05) is 7.11 Å². The van der Waals surface area contributed by atoms with E-state index in [1.54, 1.807) is 27.7 Å². The van der Waals surface area contributed by atoms with Crippen LogP contribution in [-0.4, -0.2) is 40.7 Å². The van der Waals surface area contributed by atoms with Gasteiger partial charge in [-0.15, -0.1) is 0 Å². The molecule has 1 heterocycles. The Balaban J connectivity index is 3.24. The van der Waals surface area contributed by atoms with E-state index in [1.807, 2.05) is 0 Å². The van der Waals surface area contributed by atoms with Gasteiger partial charge >= 0.3 is 5.97 Å². The summed E-state index contributed by atoms with van der Waals surface area (Å²) in [6.07, 6.45) is 0.722. The van der Waals surface area contributed by atoms with Crippen LogP contribution in [-0.2, 0) is 14.3 Å². The topological polar surface area (TPSA) is 66.8 Å². The van der Waals surface area contributed by atoms with Crippen molar-refractivity contribution >= 4 is 12.3 Å². The predicted octanol–water partition coefficient (Wildman–Crippen LogP) is 0.853. The van der Waals surface area contributed by atoms with Crippen LogP contribution in [0.1, 0.15) is 27.7 Å². The zero-order valence-corrected chi connectivity index (χ0v) is 10.4. The van der Waals surface area contributed by atoms with Gasteiger partial charge in [0.05, 0.1) is 24.1 Å². The van der Waals surface area contributed by atoms with Crippen molar-refractivity contribution in [1.82, 2.24) is 5.06 Å². The van der Waals surface area contributed by atoms with Crippen LogP contribution in [0.5, 0.6) is 0 Å². The van der Waals surface area contributed by atoms with Gasteiger partial charge in [0.1, 0.15) is 6.29 Å². The molecule has 0 radical (unpaired) electrons. The van der Waals surface area contributed by atoms with Crippen LogP contribution in [0.2, 0.25) is 0 Å². The second-order valence-corrected chi connectivity index (χ2v) is 5.28. The van der Waals surface area contributed by atoms with Gasteiger partial charge in [0, 0.05) is 5.92 Å². The fraction of sp³-hybridized carbons (Fsp3) is 0.818. The number of hydrogen-bond donors (Lipinski definition) is 1. The molecule has 0 aliphatic carbocycles. The van der Waals surface area contributed by atoms with Crippen molar-refractivity contribution < 1.29 is 19.5 Å². The molecular formula is C11H19NO4. The first-order valence-electron chi connectivity index (χ1n) is 5.23. The zero-order chi connectivity index (χ0) is 12.7. The van der Waals surface area contributed by atoms with E-state index >= 15 is 0 Å². The lowest BCUT2D eigenvalue weighted by atomic mass is 9.78. The summed E-state index contributed by atoms with van der Waals surface area (Å²) in [4.78, 5) is 22.9. The van der Waals surface area contributed by atoms with E-state index in [0.29, 0.717) is 0 Å². The molecule has 0 saturated carbocycles. The minimum absolute atomic E-state index is 0.466. The average molecular weight is 229 g/mol. The van der Waals surface area contributed by atoms with Gasteiger partial charge in [-0.25, -0.2) is 0 Å². The lowest BCUT2D eigenvalue weighted by Crippen LogP contribution is -2.48. The number of rotatable bonds is 2. The number of methoxy groups -OCH3 is 1. The molecule has 5 nitrogen and oxygen atoms in total. The number of hydrogen-bond acceptors (Lipinski definition) is 5. The molecule has 1 rings (SSSR count). The minimum Gasteiger partial charge on any atom is -0.469 e. The monoisotopic (exact) mass is 229 g/mol. The quantitative estimate of drug-likeness (QED) is 0.561. The van der Waals surface area contributed by atoms with Crippen LogP contribution in [0.25, 0.3) is 0 Å². The maximum atomic E-state index is 11.7. The van der Waals surface area contributed by atoms with E-state index in [0.717, 1.165) is 11.3 Å². The molecule has 0 bridgehead atoms. The Morgan fingerprint density at radius 3 is 2.19 bits per heavy atom. The SMILES string of the molecule is COC(=O)[C@@H]1[C@@H](C=O)C(C)(C)N(O)C1(C)C. The first kappa shape index (κ1) is 13.1. The maximum absolute atomic E-state index is 11.7. The molecule has 1 aliphatic rings. The molecule has 1 saturated heterocycles. The molecule has 2 atom stereocenters. The van der Waals surface area contributed by atoms with Gasteiger partial charge in [0.25, 0.3) is 0 Å². The van der Waals surface area contributed by atoms with Gasteiger partial charge in [-0.3, -0.25) is 4.79 Å². The third kappa shape index (κ3) is 1.55. The molecule has 1 aliphatic heterocycles. The number of nitrogens with zero attached hydrogens (tertiary/aromatic N) is 1. The number of aldehydes is 1. The lowest BCUT2D eigenvalue weighted by molar-refractivity contribution is -0.201. The Morgan fingerprint density at radius 2 is 1.81 bits per heavy atom. The third-order valence-electron chi connectivity index (χ3n) is 3.63. The summed E-state index contributed by atoms with van der Waals surface area (Å²) in [6, 6.07) is 0. The summed E-state index contributed by atoms with van der Waals surface area (Å²) >= 11 is 0. The van der Waals surface area contributed by atoms with Gasteiger partial charge in [0.2, 0.25) is 0 Å². The van der Waals surface area contributed by atoms with Gasteiger partial charge in [0.15, 0.2) is 0 Å². The van der Waals surface area contributed by atoms with Gasteiger partial charge in [-0.1, -0.05) is 0 Å². The van der Waals surface area contributed by atoms with Gasteiger partial charge in [-0.05, 0) is 27.7 Å². The van der Waals surface area contributed by atoms with Crippen LogP contribution in [0, 0.1) is 11.8 Å². The van der Waals surface area contributed by atoms with Crippen molar-refractivity contribution in [3.63, 3.8) is 0 Å². The van der Waals surface area contributed by atoms with Crippen molar-refractivity contribution in [1.29, 1.82) is 0 Å². The van der Waals surface area contributed by atoms with Crippen LogP contribution >= 0.6 is 0 Å². The average Bonchev–Trinajstić information content (AvgIpc) is 2.34. The molecule has 1 N–H and O–H groups in total. The Labute approximate surface area is 95.3 Å². The van der Waals surface area contributed by atoms with Crippen molar-refractivity contribution in [3.8, 4) is 0 Å². The number of ether oxygens (including phenoxy) is 1. The zero-order valence-electron chi connectivity index (χ0n) is 10.4. The fourth-order valence-corrected chi connectivity index (χ4v) is 2.67. The summed E-state index contributed by atoms with van der Waals surface area (Å²) in [6.45, 7) is 6.91. The summed E-state index contributed by atoms with van der Waals surface area (Å²) in [5.74, 6) is -1.71. The molecule has 1 fully saturated rings. The molecule has 16 heavy (non-hydrogen) atoms. The second-order valence-electron chi connectivity index (χ2n) is 5.28. The third-order valence-corrected chi connectivity index (χ3v) is 3.63. The summed E-state index contributed by atoms with van der Waals surface area (Å²) in [5.41, 5.74) is -1.59. The fourth-order valence-electron chi connectivity index (χ4n) is 2.67. The number of hydroxylamine groups is 2. The first-order chi connectivity index (χ1) is 7.21. The Bertz CT molecular complexity index is 311. The summed E-state index contributed by atoms with van der Waals surface area (Å²) in [7, 11) is 1.29. The Hall–Kier alpha value is -0.940. The first-order valence-corrected chi connectivity index (χ1v) is 5.23. The predicted molar refractivity (Wildman–Crippen MR) is 56.8 cm³/mol. The normalized spacial score (nSPS) is 32.4. The molecule has 0 spiro atoms. The number of carbonyl (C=O) groups excluding carboxylic acids is 2. The Kier molecular flexibility index (Phi) is 3.13. The van der Waals surface area contributed by atoms with Gasteiger partial charge in [-0.2, -0.15) is 5.06 Å². The van der Waals surface area contributed by atoms with E-state index in [-0.39, 0.29) is 0 Å². The van der Waals surface area contributed by atoms with Crippen LogP contribution in [0.3, 0.4) is 0 Å². The van der Waals surface area contributed by atoms with Gasteiger partial charge < -0.3 is 14.7 Å². The maximum Gasteiger partial charge on any atom is 0.311 e. The van der Waals surface area contributed by atoms with Crippen molar-refractivity contribution in [2.45, 2.75) is 38.8 Å². The van der Waals surface area contributed by atoms with Crippen LogP contribution < -0.4 is 0 Å². The second kappa shape index (κ2) is 3.82. The lowest BCUT2D eigenvalue weighted by Gasteiger charge is -2.35. The van der Waals surface area contributed by atoms with E-state index in [9.17, 15) is 14.8 Å². The van der Waals surface area contributed by atoms with E-state index in [1.165, 1.54) is 7.11 Å². The van der Waals surface area contributed by atoms with Crippen LogP contribution in [0.4, 0.5) is 0 Å². The highest BCUT2D eigenvalue weighted by Crippen LogP contribution is 2.47. The smallest absolute Gasteiger partial charge is 0.311 e. The van der Waals surface area contributed by atoms with E-state index in [2.05, 4.69) is 0 Å². The van der Waals surface area contributed by atoms with Crippen LogP contribution in [0.15, 0.2) is 0 Å². The molecule has 0 unspecified atom stereocenters. The van der Waals surface area contributed by atoms with Crippen molar-refractivity contribution in [2.24, 2.45) is 11.8 Å². The molecule has 92 valence electrons. The summed E-state index contributed by atoms with van der Waals surface area (Å²) in [5, 5.41) is 11.2. The Morgan fingerprint density at radius 1 is 1.31 bits per heavy atom. The summed E-state index contributed by atoms with van der Waals surface area (Å²) < 4.78 is 4.71. The highest BCUT2D eigenvalue weighted by Gasteiger charge is 2.61. The minimum atomic E-state index is -0.817. The molecule has 0 aromatic rings. The molecule has 5 heteroatoms. The largest absolute Gasteiger partial charge is 0.469 e. The molecule has 0 aromatic carbocycles. The van der Waals surface area contributed by atoms with Crippen molar-refractivity contribution in [3.05, 3.63) is 0 Å². The molecule has 0 aromatic heterocycles.